The topological polar surface area (TPSA) is 76.7 Å². The van der Waals surface area contributed by atoms with Crippen LogP contribution in [0.4, 0.5) is 5.69 Å². The molecule has 0 aliphatic carbocycles. The fourth-order valence-corrected chi connectivity index (χ4v) is 1.42. The molecular weight excluding hydrogens is 284 g/mol. The zero-order chi connectivity index (χ0) is 14.1. The highest BCUT2D eigenvalue weighted by atomic mass is 35.5. The first kappa shape index (κ1) is 18.4. The number of amides is 1. The van der Waals surface area contributed by atoms with Crippen molar-refractivity contribution in [1.82, 2.24) is 5.32 Å². The molecule has 0 atom stereocenters. The van der Waals surface area contributed by atoms with E-state index >= 15 is 0 Å². The minimum atomic E-state index is -0.436. The Bertz CT molecular complexity index is 440. The Hall–Kier alpha value is -1.63. The number of esters is 1. The zero-order valence-corrected chi connectivity index (χ0v) is 12.3. The maximum Gasteiger partial charge on any atom is 0.337 e. The van der Waals surface area contributed by atoms with Crippen molar-refractivity contribution >= 4 is 30.0 Å². The van der Waals surface area contributed by atoms with E-state index in [9.17, 15) is 9.59 Å². The number of ether oxygens (including phenoxy) is 2. The molecule has 112 valence electrons. The molecule has 0 heterocycles. The van der Waals surface area contributed by atoms with Crippen LogP contribution in [0, 0.1) is 0 Å². The Balaban J connectivity index is 0.00000361. The molecule has 0 radical (unpaired) electrons. The van der Waals surface area contributed by atoms with E-state index in [1.807, 2.05) is 0 Å². The summed E-state index contributed by atoms with van der Waals surface area (Å²) in [5.74, 6) is -0.618. The SMILES string of the molecule is COCCNCC(=O)Nc1cccc(C(=O)OC)c1.Cl. The first-order chi connectivity index (χ1) is 9.17. The molecule has 0 aliphatic rings. The third-order valence-electron chi connectivity index (χ3n) is 2.34. The van der Waals surface area contributed by atoms with Gasteiger partial charge in [0.05, 0.1) is 25.8 Å². The van der Waals surface area contributed by atoms with Crippen LogP contribution < -0.4 is 10.6 Å². The summed E-state index contributed by atoms with van der Waals surface area (Å²) in [5, 5.41) is 5.61. The second kappa shape index (κ2) is 10.2. The van der Waals surface area contributed by atoms with Crippen molar-refractivity contribution in [2.75, 3.05) is 39.2 Å². The summed E-state index contributed by atoms with van der Waals surface area (Å²) >= 11 is 0. The Morgan fingerprint density at radius 2 is 2.00 bits per heavy atom. The van der Waals surface area contributed by atoms with Gasteiger partial charge in [0.1, 0.15) is 0 Å². The number of hydrogen-bond donors (Lipinski definition) is 2. The van der Waals surface area contributed by atoms with E-state index in [2.05, 4.69) is 15.4 Å². The van der Waals surface area contributed by atoms with Crippen LogP contribution in [-0.4, -0.2) is 45.8 Å². The molecule has 0 saturated carbocycles. The molecule has 2 N–H and O–H groups in total. The molecule has 1 rings (SSSR count). The van der Waals surface area contributed by atoms with Gasteiger partial charge in [-0.3, -0.25) is 4.79 Å². The van der Waals surface area contributed by atoms with Gasteiger partial charge in [-0.2, -0.15) is 0 Å². The first-order valence-corrected chi connectivity index (χ1v) is 5.85. The van der Waals surface area contributed by atoms with Crippen molar-refractivity contribution in [1.29, 1.82) is 0 Å². The van der Waals surface area contributed by atoms with Crippen LogP contribution in [0.1, 0.15) is 10.4 Å². The van der Waals surface area contributed by atoms with Crippen LogP contribution in [0.5, 0.6) is 0 Å². The summed E-state index contributed by atoms with van der Waals surface area (Å²) in [6.45, 7) is 1.34. The summed E-state index contributed by atoms with van der Waals surface area (Å²) < 4.78 is 9.46. The molecule has 1 aromatic carbocycles. The van der Waals surface area contributed by atoms with Gasteiger partial charge in [0.2, 0.25) is 5.91 Å². The Morgan fingerprint density at radius 3 is 2.65 bits per heavy atom. The van der Waals surface area contributed by atoms with Crippen molar-refractivity contribution in [3.05, 3.63) is 29.8 Å². The summed E-state index contributed by atoms with van der Waals surface area (Å²) in [7, 11) is 2.91. The summed E-state index contributed by atoms with van der Waals surface area (Å²) in [4.78, 5) is 22.9. The van der Waals surface area contributed by atoms with E-state index in [1.54, 1.807) is 31.4 Å². The lowest BCUT2D eigenvalue weighted by Gasteiger charge is -2.07. The van der Waals surface area contributed by atoms with Crippen LogP contribution in [0.3, 0.4) is 0 Å². The number of carbonyl (C=O) groups is 2. The molecule has 20 heavy (non-hydrogen) atoms. The van der Waals surface area contributed by atoms with Gasteiger partial charge in [0, 0.05) is 19.3 Å². The molecule has 0 unspecified atom stereocenters. The van der Waals surface area contributed by atoms with Crippen LogP contribution >= 0.6 is 12.4 Å². The van der Waals surface area contributed by atoms with Gasteiger partial charge in [-0.15, -0.1) is 12.4 Å². The largest absolute Gasteiger partial charge is 0.465 e. The number of rotatable bonds is 7. The van der Waals surface area contributed by atoms with Gasteiger partial charge in [0.25, 0.3) is 0 Å². The fourth-order valence-electron chi connectivity index (χ4n) is 1.42. The van der Waals surface area contributed by atoms with Gasteiger partial charge in [0.15, 0.2) is 0 Å². The monoisotopic (exact) mass is 302 g/mol. The maximum atomic E-state index is 11.6. The molecule has 0 fully saturated rings. The van der Waals surface area contributed by atoms with Gasteiger partial charge < -0.3 is 20.1 Å². The average molecular weight is 303 g/mol. The molecule has 0 aliphatic heterocycles. The van der Waals surface area contributed by atoms with E-state index in [0.717, 1.165) is 0 Å². The normalized spacial score (nSPS) is 9.50. The van der Waals surface area contributed by atoms with Gasteiger partial charge in [-0.05, 0) is 18.2 Å². The summed E-state index contributed by atoms with van der Waals surface area (Å²) in [6, 6.07) is 6.58. The predicted molar refractivity (Wildman–Crippen MR) is 78.4 cm³/mol. The summed E-state index contributed by atoms with van der Waals surface area (Å²) in [5.41, 5.74) is 0.953. The second-order valence-corrected chi connectivity index (χ2v) is 3.79. The number of nitrogens with one attached hydrogen (secondary N) is 2. The van der Waals surface area contributed by atoms with E-state index in [4.69, 9.17) is 4.74 Å². The molecule has 1 amide bonds. The van der Waals surface area contributed by atoms with Crippen molar-refractivity contribution in [3.63, 3.8) is 0 Å². The Labute approximate surface area is 124 Å². The van der Waals surface area contributed by atoms with Gasteiger partial charge in [-0.1, -0.05) is 6.07 Å². The Morgan fingerprint density at radius 1 is 1.25 bits per heavy atom. The fraction of sp³-hybridized carbons (Fsp3) is 0.385. The van der Waals surface area contributed by atoms with Crippen molar-refractivity contribution < 1.29 is 19.1 Å². The quantitative estimate of drug-likeness (QED) is 0.582. The van der Waals surface area contributed by atoms with Gasteiger partial charge in [-0.25, -0.2) is 4.79 Å². The number of halogens is 1. The number of anilines is 1. The van der Waals surface area contributed by atoms with Crippen LogP contribution in [0.25, 0.3) is 0 Å². The van der Waals surface area contributed by atoms with E-state index < -0.39 is 5.97 Å². The molecular formula is C13H19ClN2O4. The number of benzene rings is 1. The van der Waals surface area contributed by atoms with Crippen LogP contribution in [-0.2, 0) is 14.3 Å². The standard InChI is InChI=1S/C13H18N2O4.ClH/c1-18-7-6-14-9-12(16)15-11-5-3-4-10(8-11)13(17)19-2;/h3-5,8,14H,6-7,9H2,1-2H3,(H,15,16);1H. The molecule has 0 spiro atoms. The van der Waals surface area contributed by atoms with Crippen molar-refractivity contribution in [3.8, 4) is 0 Å². The maximum absolute atomic E-state index is 11.6. The minimum Gasteiger partial charge on any atom is -0.465 e. The molecule has 0 saturated heterocycles. The Kier molecular flexibility index (Phi) is 9.36. The number of carbonyl (C=O) groups excluding carboxylic acids is 2. The van der Waals surface area contributed by atoms with Crippen molar-refractivity contribution in [2.45, 2.75) is 0 Å². The predicted octanol–water partition coefficient (Wildman–Crippen LogP) is 1.07. The highest BCUT2D eigenvalue weighted by Gasteiger charge is 2.07. The van der Waals surface area contributed by atoms with Crippen LogP contribution in [0.15, 0.2) is 24.3 Å². The molecule has 6 nitrogen and oxygen atoms in total. The van der Waals surface area contributed by atoms with E-state index in [-0.39, 0.29) is 24.9 Å². The average Bonchev–Trinajstić information content (AvgIpc) is 2.43. The molecule has 1 aromatic rings. The van der Waals surface area contributed by atoms with Crippen LogP contribution in [0.2, 0.25) is 0 Å². The third kappa shape index (κ3) is 6.51. The highest BCUT2D eigenvalue weighted by molar-refractivity contribution is 5.95. The third-order valence-corrected chi connectivity index (χ3v) is 2.34. The second-order valence-electron chi connectivity index (χ2n) is 3.79. The lowest BCUT2D eigenvalue weighted by atomic mass is 10.2. The minimum absolute atomic E-state index is 0. The number of hydrogen-bond acceptors (Lipinski definition) is 5. The smallest absolute Gasteiger partial charge is 0.337 e. The number of methoxy groups -OCH3 is 2. The lowest BCUT2D eigenvalue weighted by molar-refractivity contribution is -0.115. The van der Waals surface area contributed by atoms with Gasteiger partial charge >= 0.3 is 5.97 Å². The van der Waals surface area contributed by atoms with E-state index in [1.165, 1.54) is 7.11 Å². The zero-order valence-electron chi connectivity index (χ0n) is 11.5. The molecule has 7 heteroatoms. The highest BCUT2D eigenvalue weighted by Crippen LogP contribution is 2.11. The molecule has 0 aromatic heterocycles. The summed E-state index contributed by atoms with van der Waals surface area (Å²) in [6.07, 6.45) is 0. The van der Waals surface area contributed by atoms with E-state index in [0.29, 0.717) is 24.4 Å². The lowest BCUT2D eigenvalue weighted by Crippen LogP contribution is -2.30. The molecule has 0 bridgehead atoms. The first-order valence-electron chi connectivity index (χ1n) is 5.85. The van der Waals surface area contributed by atoms with Crippen molar-refractivity contribution in [2.24, 2.45) is 0 Å².